The summed E-state index contributed by atoms with van der Waals surface area (Å²) >= 11 is 0. The molecule has 1 heterocycles. The Morgan fingerprint density at radius 1 is 1.21 bits per heavy atom. The Morgan fingerprint density at radius 2 is 1.96 bits per heavy atom. The van der Waals surface area contributed by atoms with Crippen LogP contribution in [-0.4, -0.2) is 38.6 Å². The topological polar surface area (TPSA) is 122 Å². The van der Waals surface area contributed by atoms with Crippen molar-refractivity contribution in [1.82, 2.24) is 0 Å². The SMILES string of the molecule is O=C(OCC1CCCO1)c1ccc(OS(=O)(=O)c2cccc([N+](=O)[O-])c2)cc1. The Hall–Kier alpha value is -2.98. The molecule has 1 aliphatic heterocycles. The van der Waals surface area contributed by atoms with Crippen molar-refractivity contribution >= 4 is 21.8 Å². The molecule has 0 spiro atoms. The van der Waals surface area contributed by atoms with Crippen molar-refractivity contribution < 1.29 is 31.8 Å². The first kappa shape index (κ1) is 19.8. The number of ether oxygens (including phenoxy) is 2. The molecule has 1 fully saturated rings. The number of nitro groups is 1. The molecule has 2 aromatic carbocycles. The van der Waals surface area contributed by atoms with Crippen LogP contribution in [0.4, 0.5) is 5.69 Å². The number of nitrogens with zero attached hydrogens (tertiary/aromatic N) is 1. The minimum absolute atomic E-state index is 0.0396. The second-order valence-corrected chi connectivity index (χ2v) is 7.60. The number of hydrogen-bond acceptors (Lipinski definition) is 8. The zero-order valence-electron chi connectivity index (χ0n) is 14.6. The molecule has 28 heavy (non-hydrogen) atoms. The fraction of sp³-hybridized carbons (Fsp3) is 0.278. The van der Waals surface area contributed by atoms with Crippen LogP contribution >= 0.6 is 0 Å². The van der Waals surface area contributed by atoms with Crippen LogP contribution in [0.15, 0.2) is 53.4 Å². The number of carbonyl (C=O) groups excluding carboxylic acids is 1. The molecule has 9 nitrogen and oxygen atoms in total. The molecule has 1 aliphatic rings. The zero-order chi connectivity index (χ0) is 20.1. The van der Waals surface area contributed by atoms with E-state index in [4.69, 9.17) is 13.7 Å². The number of hydrogen-bond donors (Lipinski definition) is 0. The molecule has 148 valence electrons. The lowest BCUT2D eigenvalue weighted by molar-refractivity contribution is -0.385. The van der Waals surface area contributed by atoms with E-state index in [1.165, 1.54) is 42.5 Å². The highest BCUT2D eigenvalue weighted by atomic mass is 32.2. The van der Waals surface area contributed by atoms with E-state index in [9.17, 15) is 23.3 Å². The summed E-state index contributed by atoms with van der Waals surface area (Å²) < 4.78 is 40.1. The third kappa shape index (κ3) is 4.84. The number of nitro benzene ring substituents is 1. The second-order valence-electron chi connectivity index (χ2n) is 6.05. The van der Waals surface area contributed by atoms with E-state index in [1.54, 1.807) is 0 Å². The fourth-order valence-corrected chi connectivity index (χ4v) is 3.57. The smallest absolute Gasteiger partial charge is 0.339 e. The van der Waals surface area contributed by atoms with Gasteiger partial charge in [-0.05, 0) is 43.2 Å². The zero-order valence-corrected chi connectivity index (χ0v) is 15.5. The molecule has 1 atom stereocenters. The predicted molar refractivity (Wildman–Crippen MR) is 96.6 cm³/mol. The maximum atomic E-state index is 12.3. The van der Waals surface area contributed by atoms with Crippen LogP contribution < -0.4 is 4.18 Å². The van der Waals surface area contributed by atoms with Gasteiger partial charge in [-0.1, -0.05) is 6.07 Å². The van der Waals surface area contributed by atoms with Crippen LogP contribution in [0, 0.1) is 10.1 Å². The molecule has 0 N–H and O–H groups in total. The maximum absolute atomic E-state index is 12.3. The van der Waals surface area contributed by atoms with Gasteiger partial charge in [-0.3, -0.25) is 10.1 Å². The van der Waals surface area contributed by atoms with Gasteiger partial charge >= 0.3 is 16.1 Å². The number of non-ortho nitro benzene ring substituents is 1. The van der Waals surface area contributed by atoms with Gasteiger partial charge in [0.2, 0.25) is 0 Å². The number of rotatable bonds is 7. The van der Waals surface area contributed by atoms with Gasteiger partial charge in [0, 0.05) is 18.7 Å². The average molecular weight is 407 g/mol. The van der Waals surface area contributed by atoms with Crippen LogP contribution in [0.5, 0.6) is 5.75 Å². The average Bonchev–Trinajstić information content (AvgIpc) is 3.20. The summed E-state index contributed by atoms with van der Waals surface area (Å²) in [7, 11) is -4.26. The van der Waals surface area contributed by atoms with Gasteiger partial charge in [-0.2, -0.15) is 8.42 Å². The van der Waals surface area contributed by atoms with Crippen molar-refractivity contribution in [2.24, 2.45) is 0 Å². The van der Waals surface area contributed by atoms with Gasteiger partial charge in [-0.25, -0.2) is 4.79 Å². The van der Waals surface area contributed by atoms with Crippen LogP contribution in [0.1, 0.15) is 23.2 Å². The second kappa shape index (κ2) is 8.36. The first-order valence-corrected chi connectivity index (χ1v) is 9.84. The number of benzene rings is 2. The van der Waals surface area contributed by atoms with Gasteiger partial charge in [0.05, 0.1) is 16.6 Å². The third-order valence-corrected chi connectivity index (χ3v) is 5.28. The summed E-state index contributed by atoms with van der Waals surface area (Å²) in [5.41, 5.74) is -0.132. The highest BCUT2D eigenvalue weighted by molar-refractivity contribution is 7.87. The molecular formula is C18H17NO8S. The Labute approximate surface area is 161 Å². The van der Waals surface area contributed by atoms with Gasteiger partial charge in [0.1, 0.15) is 17.3 Å². The van der Waals surface area contributed by atoms with Crippen molar-refractivity contribution in [3.63, 3.8) is 0 Å². The third-order valence-electron chi connectivity index (χ3n) is 4.04. The lowest BCUT2D eigenvalue weighted by atomic mass is 10.2. The summed E-state index contributed by atoms with van der Waals surface area (Å²) in [6.45, 7) is 0.825. The first-order chi connectivity index (χ1) is 13.3. The van der Waals surface area contributed by atoms with E-state index in [1.807, 2.05) is 0 Å². The Balaban J connectivity index is 1.65. The summed E-state index contributed by atoms with van der Waals surface area (Å²) in [4.78, 5) is 21.8. The largest absolute Gasteiger partial charge is 0.459 e. The van der Waals surface area contributed by atoms with E-state index >= 15 is 0 Å². The van der Waals surface area contributed by atoms with Crippen molar-refractivity contribution in [2.45, 2.75) is 23.8 Å². The molecule has 0 radical (unpaired) electrons. The molecular weight excluding hydrogens is 390 g/mol. The maximum Gasteiger partial charge on any atom is 0.339 e. The molecule has 0 bridgehead atoms. The lowest BCUT2D eigenvalue weighted by Gasteiger charge is -2.10. The minimum atomic E-state index is -4.26. The molecule has 0 aromatic heterocycles. The van der Waals surface area contributed by atoms with E-state index < -0.39 is 21.0 Å². The molecule has 0 amide bonds. The highest BCUT2D eigenvalue weighted by Gasteiger charge is 2.21. The lowest BCUT2D eigenvalue weighted by Crippen LogP contribution is -2.17. The monoisotopic (exact) mass is 407 g/mol. The summed E-state index contributed by atoms with van der Waals surface area (Å²) in [5.74, 6) is -0.592. The van der Waals surface area contributed by atoms with E-state index in [0.717, 1.165) is 18.9 Å². The Bertz CT molecular complexity index is 965. The van der Waals surface area contributed by atoms with Gasteiger partial charge in [-0.15, -0.1) is 0 Å². The van der Waals surface area contributed by atoms with E-state index in [-0.39, 0.29) is 34.6 Å². The van der Waals surface area contributed by atoms with Crippen molar-refractivity contribution in [1.29, 1.82) is 0 Å². The van der Waals surface area contributed by atoms with E-state index in [0.29, 0.717) is 6.61 Å². The predicted octanol–water partition coefficient (Wildman–Crippen LogP) is 2.70. The number of esters is 1. The summed E-state index contributed by atoms with van der Waals surface area (Å²) in [5, 5.41) is 10.8. The quantitative estimate of drug-likeness (QED) is 0.297. The van der Waals surface area contributed by atoms with Crippen LogP contribution in [-0.2, 0) is 19.6 Å². The molecule has 10 heteroatoms. The van der Waals surface area contributed by atoms with E-state index in [2.05, 4.69) is 0 Å². The van der Waals surface area contributed by atoms with Crippen LogP contribution in [0.25, 0.3) is 0 Å². The van der Waals surface area contributed by atoms with Crippen LogP contribution in [0.3, 0.4) is 0 Å². The molecule has 1 saturated heterocycles. The van der Waals surface area contributed by atoms with Gasteiger partial charge in [0.25, 0.3) is 5.69 Å². The minimum Gasteiger partial charge on any atom is -0.459 e. The Morgan fingerprint density at radius 3 is 2.61 bits per heavy atom. The van der Waals surface area contributed by atoms with Crippen molar-refractivity contribution in [3.05, 3.63) is 64.2 Å². The summed E-state index contributed by atoms with van der Waals surface area (Å²) in [6.07, 6.45) is 1.69. The highest BCUT2D eigenvalue weighted by Crippen LogP contribution is 2.22. The fourth-order valence-electron chi connectivity index (χ4n) is 2.60. The molecule has 2 aromatic rings. The normalized spacial score (nSPS) is 16.5. The summed E-state index contributed by atoms with van der Waals surface area (Å²) in [6, 6.07) is 9.88. The van der Waals surface area contributed by atoms with Gasteiger partial charge < -0.3 is 13.7 Å². The first-order valence-electron chi connectivity index (χ1n) is 8.43. The standard InChI is InChI=1S/C18H17NO8S/c20-18(26-12-16-4-2-10-25-16)13-6-8-15(9-7-13)27-28(23,24)17-5-1-3-14(11-17)19(21)22/h1,3,5-9,11,16H,2,4,10,12H2. The number of carbonyl (C=O) groups is 1. The molecule has 0 saturated carbocycles. The molecule has 0 aliphatic carbocycles. The Kier molecular flexibility index (Phi) is 5.90. The van der Waals surface area contributed by atoms with Gasteiger partial charge in [0.15, 0.2) is 0 Å². The van der Waals surface area contributed by atoms with Crippen LogP contribution in [0.2, 0.25) is 0 Å². The molecule has 3 rings (SSSR count). The van der Waals surface area contributed by atoms with Crippen molar-refractivity contribution in [3.8, 4) is 5.75 Å². The molecule has 1 unspecified atom stereocenters. The van der Waals surface area contributed by atoms with Crippen molar-refractivity contribution in [2.75, 3.05) is 13.2 Å².